The fourth-order valence-corrected chi connectivity index (χ4v) is 2.04. The van der Waals surface area contributed by atoms with Crippen molar-refractivity contribution in [3.05, 3.63) is 64.7 Å². The minimum atomic E-state index is -0.743. The fourth-order valence-electron chi connectivity index (χ4n) is 1.87. The first-order valence-corrected chi connectivity index (χ1v) is 8.02. The highest BCUT2D eigenvalue weighted by Crippen LogP contribution is 2.25. The van der Waals surface area contributed by atoms with Crippen LogP contribution < -0.4 is 15.6 Å². The van der Waals surface area contributed by atoms with Crippen LogP contribution in [-0.2, 0) is 14.3 Å². The Morgan fingerprint density at radius 3 is 2.46 bits per heavy atom. The number of ether oxygens (including phenoxy) is 2. The Kier molecular flexibility index (Phi) is 6.99. The maximum Gasteiger partial charge on any atom is 0.344 e. The number of nitrogens with one attached hydrogen (secondary N) is 2. The van der Waals surface area contributed by atoms with E-state index in [4.69, 9.17) is 21.1 Å². The number of carbonyl (C=O) groups excluding carboxylic acids is 3. The molecule has 0 saturated heterocycles. The summed E-state index contributed by atoms with van der Waals surface area (Å²) in [6, 6.07) is 13.5. The zero-order chi connectivity index (χ0) is 18.9. The summed E-state index contributed by atoms with van der Waals surface area (Å²) in [5.41, 5.74) is 5.67. The molecule has 2 aromatic carbocycles. The van der Waals surface area contributed by atoms with Gasteiger partial charge in [-0.2, -0.15) is 0 Å². The second-order valence-electron chi connectivity index (χ2n) is 5.25. The van der Waals surface area contributed by atoms with Crippen LogP contribution in [0.25, 0.3) is 0 Å². The average molecular weight is 377 g/mol. The molecule has 2 N–H and O–H groups in total. The number of amides is 2. The van der Waals surface area contributed by atoms with Crippen molar-refractivity contribution in [2.75, 3.05) is 13.2 Å². The normalized spacial score (nSPS) is 9.92. The van der Waals surface area contributed by atoms with Crippen LogP contribution in [0, 0.1) is 6.92 Å². The zero-order valence-corrected chi connectivity index (χ0v) is 14.7. The Hall–Kier alpha value is -3.06. The quantitative estimate of drug-likeness (QED) is 0.594. The van der Waals surface area contributed by atoms with E-state index in [1.54, 1.807) is 42.5 Å². The number of rotatable bonds is 6. The fraction of sp³-hybridized carbons (Fsp3) is 0.167. The highest BCUT2D eigenvalue weighted by molar-refractivity contribution is 6.32. The van der Waals surface area contributed by atoms with Gasteiger partial charge < -0.3 is 9.47 Å². The second-order valence-corrected chi connectivity index (χ2v) is 5.66. The predicted octanol–water partition coefficient (Wildman–Crippen LogP) is 2.03. The largest absolute Gasteiger partial charge is 0.480 e. The smallest absolute Gasteiger partial charge is 0.344 e. The number of hydrogen-bond acceptors (Lipinski definition) is 5. The summed E-state index contributed by atoms with van der Waals surface area (Å²) in [5.74, 6) is -1.56. The van der Waals surface area contributed by atoms with Gasteiger partial charge in [0.25, 0.3) is 11.8 Å². The molecule has 2 rings (SSSR count). The van der Waals surface area contributed by atoms with Crippen LogP contribution in [0.5, 0.6) is 5.75 Å². The lowest BCUT2D eigenvalue weighted by Crippen LogP contribution is -2.43. The molecule has 0 fully saturated rings. The Balaban J connectivity index is 1.69. The summed E-state index contributed by atoms with van der Waals surface area (Å²) in [5, 5.41) is 0.366. The molecule has 0 aliphatic heterocycles. The number of halogens is 1. The number of aryl methyl sites for hydroxylation is 1. The van der Waals surface area contributed by atoms with Crippen molar-refractivity contribution in [1.82, 2.24) is 10.9 Å². The molecule has 0 aliphatic carbocycles. The third-order valence-electron chi connectivity index (χ3n) is 3.15. The molecular weight excluding hydrogens is 360 g/mol. The summed E-state index contributed by atoms with van der Waals surface area (Å²) < 4.78 is 10.0. The SMILES string of the molecule is Cc1ccc(Cl)c(OCC(=O)OCC(=O)NNC(=O)c2ccccc2)c1. The van der Waals surface area contributed by atoms with Crippen molar-refractivity contribution in [3.63, 3.8) is 0 Å². The maximum atomic E-state index is 11.7. The number of esters is 1. The Morgan fingerprint density at radius 1 is 1.00 bits per heavy atom. The summed E-state index contributed by atoms with van der Waals surface area (Å²) in [7, 11) is 0. The van der Waals surface area contributed by atoms with Crippen molar-refractivity contribution < 1.29 is 23.9 Å². The van der Waals surface area contributed by atoms with Crippen LogP contribution in [-0.4, -0.2) is 31.0 Å². The van der Waals surface area contributed by atoms with Gasteiger partial charge in [0.15, 0.2) is 13.2 Å². The highest BCUT2D eigenvalue weighted by Gasteiger charge is 2.11. The lowest BCUT2D eigenvalue weighted by atomic mass is 10.2. The molecule has 0 aromatic heterocycles. The van der Waals surface area contributed by atoms with Crippen molar-refractivity contribution in [1.29, 1.82) is 0 Å². The van der Waals surface area contributed by atoms with Crippen LogP contribution in [0.3, 0.4) is 0 Å². The van der Waals surface area contributed by atoms with E-state index in [9.17, 15) is 14.4 Å². The minimum Gasteiger partial charge on any atom is -0.480 e. The Labute approximate surface area is 155 Å². The van der Waals surface area contributed by atoms with Crippen molar-refractivity contribution in [2.45, 2.75) is 6.92 Å². The van der Waals surface area contributed by atoms with Gasteiger partial charge >= 0.3 is 5.97 Å². The Bertz CT molecular complexity index is 795. The molecule has 0 bridgehead atoms. The third-order valence-corrected chi connectivity index (χ3v) is 3.46. The van der Waals surface area contributed by atoms with E-state index < -0.39 is 31.0 Å². The van der Waals surface area contributed by atoms with Crippen LogP contribution in [0.15, 0.2) is 48.5 Å². The van der Waals surface area contributed by atoms with E-state index >= 15 is 0 Å². The van der Waals surface area contributed by atoms with Crippen molar-refractivity contribution in [3.8, 4) is 5.75 Å². The van der Waals surface area contributed by atoms with Gasteiger partial charge in [-0.15, -0.1) is 0 Å². The monoisotopic (exact) mass is 376 g/mol. The lowest BCUT2D eigenvalue weighted by Gasteiger charge is -2.10. The molecule has 8 heteroatoms. The first-order chi connectivity index (χ1) is 12.5. The standard InChI is InChI=1S/C18H17ClN2O5/c1-12-7-8-14(19)15(9-12)25-11-17(23)26-10-16(22)20-21-18(24)13-5-3-2-4-6-13/h2-9H,10-11H2,1H3,(H,20,22)(H,21,24). The van der Waals surface area contributed by atoms with E-state index in [1.165, 1.54) is 0 Å². The van der Waals surface area contributed by atoms with Gasteiger partial charge in [0.1, 0.15) is 5.75 Å². The predicted molar refractivity (Wildman–Crippen MR) is 94.7 cm³/mol. The highest BCUT2D eigenvalue weighted by atomic mass is 35.5. The van der Waals surface area contributed by atoms with Crippen molar-refractivity contribution in [2.24, 2.45) is 0 Å². The molecule has 2 amide bonds. The topological polar surface area (TPSA) is 93.7 Å². The molecule has 2 aromatic rings. The third kappa shape index (κ3) is 6.10. The first kappa shape index (κ1) is 19.3. The molecule has 7 nitrogen and oxygen atoms in total. The van der Waals surface area contributed by atoms with Crippen molar-refractivity contribution >= 4 is 29.4 Å². The molecule has 136 valence electrons. The summed E-state index contributed by atoms with van der Waals surface area (Å²) in [4.78, 5) is 35.0. The minimum absolute atomic E-state index is 0.350. The number of hydrogen-bond donors (Lipinski definition) is 2. The van der Waals surface area contributed by atoms with E-state index in [-0.39, 0.29) is 0 Å². The number of benzene rings is 2. The van der Waals surface area contributed by atoms with Crippen LogP contribution in [0.2, 0.25) is 5.02 Å². The lowest BCUT2D eigenvalue weighted by molar-refractivity contribution is -0.150. The van der Waals surface area contributed by atoms with Gasteiger partial charge in [-0.25, -0.2) is 4.79 Å². The van der Waals surface area contributed by atoms with Gasteiger partial charge in [0, 0.05) is 5.56 Å². The molecule has 0 spiro atoms. The number of hydrazine groups is 1. The summed E-state index contributed by atoms with van der Waals surface area (Å²) in [6.45, 7) is 0.904. The van der Waals surface area contributed by atoms with Gasteiger partial charge in [0.2, 0.25) is 0 Å². The van der Waals surface area contributed by atoms with E-state index in [1.807, 2.05) is 13.0 Å². The molecule has 0 saturated carbocycles. The summed E-state index contributed by atoms with van der Waals surface area (Å²) >= 11 is 5.95. The van der Waals surface area contributed by atoms with Crippen LogP contribution in [0.4, 0.5) is 0 Å². The summed E-state index contributed by atoms with van der Waals surface area (Å²) in [6.07, 6.45) is 0. The van der Waals surface area contributed by atoms with Crippen LogP contribution >= 0.6 is 11.6 Å². The van der Waals surface area contributed by atoms with E-state index in [2.05, 4.69) is 10.9 Å². The molecular formula is C18H17ClN2O5. The van der Waals surface area contributed by atoms with E-state index in [0.717, 1.165) is 5.56 Å². The first-order valence-electron chi connectivity index (χ1n) is 7.64. The molecule has 0 atom stereocenters. The van der Waals surface area contributed by atoms with Gasteiger partial charge in [-0.1, -0.05) is 35.9 Å². The maximum absolute atomic E-state index is 11.7. The molecule has 0 radical (unpaired) electrons. The average Bonchev–Trinajstić information content (AvgIpc) is 2.65. The van der Waals surface area contributed by atoms with E-state index in [0.29, 0.717) is 16.3 Å². The zero-order valence-electron chi connectivity index (χ0n) is 14.0. The molecule has 0 unspecified atom stereocenters. The second kappa shape index (κ2) is 9.43. The molecule has 26 heavy (non-hydrogen) atoms. The molecule has 0 aliphatic rings. The Morgan fingerprint density at radius 2 is 1.73 bits per heavy atom. The van der Waals surface area contributed by atoms with Crippen LogP contribution in [0.1, 0.15) is 15.9 Å². The molecule has 0 heterocycles. The van der Waals surface area contributed by atoms with Gasteiger partial charge in [-0.3, -0.25) is 20.4 Å². The van der Waals surface area contributed by atoms with Gasteiger partial charge in [-0.05, 0) is 36.8 Å². The van der Waals surface area contributed by atoms with Gasteiger partial charge in [0.05, 0.1) is 5.02 Å². The number of carbonyl (C=O) groups is 3.